The number of carbonyl (C=O) groups excluding carboxylic acids is 4. The maximum atomic E-state index is 14.4. The number of anilines is 1. The fourth-order valence-electron chi connectivity index (χ4n) is 7.75. The number of halogens is 2. The Balaban J connectivity index is 1.10. The number of likely N-dealkylation sites (tertiary alicyclic amines) is 1. The van der Waals surface area contributed by atoms with Gasteiger partial charge in [-0.3, -0.25) is 23.7 Å². The topological polar surface area (TPSA) is 151 Å². The summed E-state index contributed by atoms with van der Waals surface area (Å²) in [6, 6.07) is 12.6. The molecule has 0 saturated carbocycles. The summed E-state index contributed by atoms with van der Waals surface area (Å²) in [4.78, 5) is 80.2. The van der Waals surface area contributed by atoms with Gasteiger partial charge in [0.2, 0.25) is 17.7 Å². The molecule has 0 radical (unpaired) electrons. The first-order valence-corrected chi connectivity index (χ1v) is 18.7. The highest BCUT2D eigenvalue weighted by atomic mass is 32.1. The second-order valence-electron chi connectivity index (χ2n) is 13.2. The van der Waals surface area contributed by atoms with E-state index < -0.39 is 42.7 Å². The number of carbonyl (C=O) groups is 4. The molecule has 0 bridgehead atoms. The van der Waals surface area contributed by atoms with Crippen LogP contribution >= 0.6 is 18.9 Å². The van der Waals surface area contributed by atoms with Crippen molar-refractivity contribution in [2.45, 2.75) is 68.5 Å². The van der Waals surface area contributed by atoms with Gasteiger partial charge in [0.15, 0.2) is 0 Å². The van der Waals surface area contributed by atoms with E-state index in [1.54, 1.807) is 4.90 Å². The third-order valence-corrected chi connectivity index (χ3v) is 12.4. The van der Waals surface area contributed by atoms with Crippen molar-refractivity contribution in [1.82, 2.24) is 20.0 Å². The van der Waals surface area contributed by atoms with Crippen molar-refractivity contribution >= 4 is 58.3 Å². The second-order valence-corrected chi connectivity index (χ2v) is 15.9. The summed E-state index contributed by atoms with van der Waals surface area (Å²) in [6.45, 7) is 2.93. The molecule has 0 spiro atoms. The third kappa shape index (κ3) is 5.90. The van der Waals surface area contributed by atoms with E-state index in [1.807, 2.05) is 23.1 Å². The zero-order valence-corrected chi connectivity index (χ0v) is 28.3. The summed E-state index contributed by atoms with van der Waals surface area (Å²) < 4.78 is 40.5. The molecule has 4 aliphatic rings. The molecule has 5 atom stereocenters. The molecule has 3 aromatic rings. The van der Waals surface area contributed by atoms with Crippen LogP contribution in [0.2, 0.25) is 0 Å². The summed E-state index contributed by atoms with van der Waals surface area (Å²) in [5.41, 5.74) is -4.19. The lowest BCUT2D eigenvalue weighted by molar-refractivity contribution is -0.149. The highest BCUT2D eigenvalue weighted by Gasteiger charge is 2.53. The minimum absolute atomic E-state index is 0.0513. The predicted molar refractivity (Wildman–Crippen MR) is 177 cm³/mol. The number of para-hydroxylation sites is 1. The standard InChI is InChI=1S/C33H36F2N5O7PS/c1-19(41)37-13-11-23-8-9-26(32(44)38-14-12-25-27(38)18-39(25)22-5-3-2-4-6-22)40(23)31(43)24(17-37)36-30(42)29-16-20-15-21(7-10-28(20)49-29)33(34,35)48(45,46)47/h2-7,10,15-16,23-27H,8-9,11-14,17-18H2,1H3,(H,36,42)(H2,45,46,47)/t23-,24+,25?,26+,27?/m1/s1. The molecule has 7 rings (SSSR count). The molecule has 4 amide bonds. The van der Waals surface area contributed by atoms with Crippen LogP contribution in [0, 0.1) is 0 Å². The SMILES string of the molecule is CC(=O)N1CC[C@H]2CC[C@@H](C(=O)N3CCC4C3CN4c3ccccc3)N2C(=O)[C@@H](NC(=O)c2cc3cc(C(F)(F)P(=O)(O)O)ccc3s2)C1. The van der Waals surface area contributed by atoms with Crippen molar-refractivity contribution in [3.8, 4) is 0 Å². The molecule has 260 valence electrons. The lowest BCUT2D eigenvalue weighted by atomic mass is 9.95. The first-order chi connectivity index (χ1) is 23.2. The molecule has 1 aromatic heterocycles. The van der Waals surface area contributed by atoms with Crippen LogP contribution in [0.1, 0.15) is 47.8 Å². The molecular weight excluding hydrogens is 679 g/mol. The Morgan fingerprint density at radius 2 is 1.71 bits per heavy atom. The van der Waals surface area contributed by atoms with Gasteiger partial charge in [0.1, 0.15) is 12.1 Å². The van der Waals surface area contributed by atoms with Crippen molar-refractivity contribution in [3.63, 3.8) is 0 Å². The summed E-state index contributed by atoms with van der Waals surface area (Å²) in [6.07, 6.45) is 2.39. The minimum Gasteiger partial charge on any atom is -0.364 e. The van der Waals surface area contributed by atoms with Gasteiger partial charge < -0.3 is 34.7 Å². The number of nitrogens with zero attached hydrogens (tertiary/aromatic N) is 4. The maximum Gasteiger partial charge on any atom is 0.399 e. The molecule has 2 aromatic carbocycles. The minimum atomic E-state index is -5.79. The predicted octanol–water partition coefficient (Wildman–Crippen LogP) is 3.33. The normalized spacial score (nSPS) is 25.8. The van der Waals surface area contributed by atoms with Gasteiger partial charge >= 0.3 is 13.3 Å². The van der Waals surface area contributed by atoms with Crippen LogP contribution in [0.5, 0.6) is 0 Å². The number of rotatable bonds is 6. The van der Waals surface area contributed by atoms with Crippen LogP contribution in [-0.4, -0.2) is 105 Å². The van der Waals surface area contributed by atoms with Gasteiger partial charge in [-0.2, -0.15) is 8.78 Å². The number of benzene rings is 2. The number of nitrogens with one attached hydrogen (secondary N) is 1. The zero-order valence-electron chi connectivity index (χ0n) is 26.6. The number of alkyl halides is 2. The van der Waals surface area contributed by atoms with E-state index in [9.17, 15) is 32.5 Å². The van der Waals surface area contributed by atoms with Crippen LogP contribution in [0.4, 0.5) is 14.5 Å². The number of hydrogen-bond acceptors (Lipinski definition) is 7. The molecular formula is C33H36F2N5O7PS. The quantitative estimate of drug-likeness (QED) is 0.329. The largest absolute Gasteiger partial charge is 0.399 e. The molecule has 3 N–H and O–H groups in total. The lowest BCUT2D eigenvalue weighted by Crippen LogP contribution is -2.65. The molecule has 16 heteroatoms. The van der Waals surface area contributed by atoms with E-state index in [-0.39, 0.29) is 46.7 Å². The highest BCUT2D eigenvalue weighted by molar-refractivity contribution is 7.52. The van der Waals surface area contributed by atoms with E-state index in [4.69, 9.17) is 9.79 Å². The summed E-state index contributed by atoms with van der Waals surface area (Å²) in [5, 5.41) is 2.91. The fraction of sp³-hybridized carbons (Fsp3) is 0.455. The Morgan fingerprint density at radius 3 is 2.43 bits per heavy atom. The molecule has 12 nitrogen and oxygen atoms in total. The third-order valence-electron chi connectivity index (χ3n) is 10.3. The number of thiophene rings is 1. The van der Waals surface area contributed by atoms with Crippen molar-refractivity contribution in [1.29, 1.82) is 0 Å². The Bertz CT molecular complexity index is 1870. The summed E-state index contributed by atoms with van der Waals surface area (Å²) in [5.74, 6) is -1.50. The van der Waals surface area contributed by atoms with Crippen LogP contribution in [0.15, 0.2) is 54.6 Å². The van der Waals surface area contributed by atoms with E-state index in [0.717, 1.165) is 35.6 Å². The Hall–Kier alpha value is -3.91. The van der Waals surface area contributed by atoms with Crippen molar-refractivity contribution < 1.29 is 42.3 Å². The zero-order chi connectivity index (χ0) is 34.8. The van der Waals surface area contributed by atoms with E-state index in [1.165, 1.54) is 24.0 Å². The van der Waals surface area contributed by atoms with Gasteiger partial charge in [0.05, 0.1) is 17.0 Å². The van der Waals surface area contributed by atoms with E-state index in [0.29, 0.717) is 43.6 Å². The molecule has 2 unspecified atom stereocenters. The Labute approximate surface area is 284 Å². The smallest absolute Gasteiger partial charge is 0.364 e. The molecule has 49 heavy (non-hydrogen) atoms. The summed E-state index contributed by atoms with van der Waals surface area (Å²) >= 11 is 0.964. The average Bonchev–Trinajstić information content (AvgIpc) is 3.75. The van der Waals surface area contributed by atoms with Gasteiger partial charge in [-0.15, -0.1) is 11.3 Å². The number of fused-ring (bicyclic) bond motifs is 3. The van der Waals surface area contributed by atoms with E-state index >= 15 is 0 Å². The first kappa shape index (κ1) is 33.6. The van der Waals surface area contributed by atoms with Crippen molar-refractivity contribution in [2.75, 3.05) is 31.1 Å². The number of amides is 4. The Kier molecular flexibility index (Phi) is 8.53. The lowest BCUT2D eigenvalue weighted by Gasteiger charge is -2.49. The molecule has 0 aliphatic carbocycles. The van der Waals surface area contributed by atoms with Crippen molar-refractivity contribution in [3.05, 3.63) is 65.0 Å². The van der Waals surface area contributed by atoms with Gasteiger partial charge in [-0.25, -0.2) is 0 Å². The molecule has 4 fully saturated rings. The van der Waals surface area contributed by atoms with Gasteiger partial charge in [-0.1, -0.05) is 24.3 Å². The molecule has 5 heterocycles. The summed E-state index contributed by atoms with van der Waals surface area (Å²) in [7, 11) is -5.79. The first-order valence-electron chi connectivity index (χ1n) is 16.2. The maximum absolute atomic E-state index is 14.4. The highest BCUT2D eigenvalue weighted by Crippen LogP contribution is 2.59. The molecule has 4 aliphatic heterocycles. The van der Waals surface area contributed by atoms with Crippen molar-refractivity contribution in [2.24, 2.45) is 0 Å². The van der Waals surface area contributed by atoms with Crippen LogP contribution < -0.4 is 10.2 Å². The Morgan fingerprint density at radius 1 is 0.959 bits per heavy atom. The average molecular weight is 716 g/mol. The van der Waals surface area contributed by atoms with Gasteiger partial charge in [0.25, 0.3) is 5.91 Å². The van der Waals surface area contributed by atoms with Crippen LogP contribution in [0.25, 0.3) is 10.1 Å². The van der Waals surface area contributed by atoms with Gasteiger partial charge in [0, 0.05) is 55.1 Å². The number of hydrogen-bond donors (Lipinski definition) is 3. The fourth-order valence-corrected chi connectivity index (χ4v) is 9.17. The monoisotopic (exact) mass is 715 g/mol. The van der Waals surface area contributed by atoms with Gasteiger partial charge in [-0.05, 0) is 61.4 Å². The molecule has 4 saturated heterocycles. The van der Waals surface area contributed by atoms with Crippen LogP contribution in [-0.2, 0) is 24.6 Å². The second kappa shape index (κ2) is 12.4. The van der Waals surface area contributed by atoms with Crippen LogP contribution in [0.3, 0.4) is 0 Å². The van der Waals surface area contributed by atoms with E-state index in [2.05, 4.69) is 22.3 Å².